The lowest BCUT2D eigenvalue weighted by molar-refractivity contribution is 1.19. The maximum Gasteiger partial charge on any atom is 0.0719 e. The number of nitrogens with zero attached hydrogens (tertiary/aromatic N) is 1. The first kappa shape index (κ1) is 19.9. The van der Waals surface area contributed by atoms with Gasteiger partial charge in [-0.1, -0.05) is 103 Å². The molecule has 0 saturated heterocycles. The van der Waals surface area contributed by atoms with Crippen molar-refractivity contribution in [2.75, 3.05) is 0 Å². The highest BCUT2D eigenvalue weighted by atomic mass is 32.1. The summed E-state index contributed by atoms with van der Waals surface area (Å²) in [5.74, 6) is 0. The zero-order chi connectivity index (χ0) is 23.6. The average molecular weight is 476 g/mol. The molecule has 0 spiro atoms. The molecule has 0 aliphatic heterocycles. The minimum absolute atomic E-state index is 1.20. The van der Waals surface area contributed by atoms with Gasteiger partial charge in [-0.2, -0.15) is 0 Å². The van der Waals surface area contributed by atoms with Crippen molar-refractivity contribution in [2.45, 2.75) is 0 Å². The van der Waals surface area contributed by atoms with Gasteiger partial charge in [0.05, 0.1) is 15.7 Å². The van der Waals surface area contributed by atoms with Crippen molar-refractivity contribution in [3.8, 4) is 16.8 Å². The van der Waals surface area contributed by atoms with E-state index in [-0.39, 0.29) is 0 Å². The number of para-hydroxylation sites is 1. The molecule has 0 aliphatic rings. The molecular formula is C34H21NS. The molecule has 2 heterocycles. The minimum atomic E-state index is 1.20. The smallest absolute Gasteiger partial charge is 0.0719 e. The first-order valence-corrected chi connectivity index (χ1v) is 13.1. The molecule has 8 rings (SSSR count). The average Bonchev–Trinajstić information content (AvgIpc) is 3.49. The fraction of sp³-hybridized carbons (Fsp3) is 0. The molecule has 2 heteroatoms. The first-order chi connectivity index (χ1) is 17.9. The molecule has 8 aromatic rings. The van der Waals surface area contributed by atoms with Gasteiger partial charge < -0.3 is 4.57 Å². The Morgan fingerprint density at radius 3 is 2.19 bits per heavy atom. The standard InChI is InChI=1S/C34H21NS/c1-2-9-22(10-3-1)25-14-8-11-23-17-18-24(21-30(23)25)35-31-15-6-4-12-26(31)28-19-20-29-27-13-5-7-16-32(27)36-34(29)33(28)35/h1-21H. The molecule has 36 heavy (non-hydrogen) atoms. The van der Waals surface area contributed by atoms with Gasteiger partial charge >= 0.3 is 0 Å². The predicted octanol–water partition coefficient (Wildman–Crippen LogP) is 9.97. The van der Waals surface area contributed by atoms with Gasteiger partial charge in [0.2, 0.25) is 0 Å². The van der Waals surface area contributed by atoms with Crippen LogP contribution in [0.3, 0.4) is 0 Å². The lowest BCUT2D eigenvalue weighted by atomic mass is 9.98. The van der Waals surface area contributed by atoms with Gasteiger partial charge in [-0.15, -0.1) is 11.3 Å². The third kappa shape index (κ3) is 2.76. The summed E-state index contributed by atoms with van der Waals surface area (Å²) in [6, 6.07) is 46.4. The molecule has 0 amide bonds. The van der Waals surface area contributed by atoms with Gasteiger partial charge in [-0.3, -0.25) is 0 Å². The molecule has 0 radical (unpaired) electrons. The van der Waals surface area contributed by atoms with E-state index in [0.717, 1.165) is 0 Å². The summed E-state index contributed by atoms with van der Waals surface area (Å²) in [6.45, 7) is 0. The molecule has 0 atom stereocenters. The molecule has 168 valence electrons. The van der Waals surface area contributed by atoms with E-state index in [0.29, 0.717) is 0 Å². The molecule has 0 bridgehead atoms. The Morgan fingerprint density at radius 1 is 0.500 bits per heavy atom. The van der Waals surface area contributed by atoms with Crippen LogP contribution in [0.25, 0.3) is 69.6 Å². The maximum atomic E-state index is 2.48. The highest BCUT2D eigenvalue weighted by Crippen LogP contribution is 2.43. The van der Waals surface area contributed by atoms with E-state index in [4.69, 9.17) is 0 Å². The van der Waals surface area contributed by atoms with E-state index in [9.17, 15) is 0 Å². The number of thiophene rings is 1. The van der Waals surface area contributed by atoms with Crippen LogP contribution in [0.1, 0.15) is 0 Å². The van der Waals surface area contributed by atoms with E-state index in [1.54, 1.807) is 0 Å². The Hall–Kier alpha value is -4.40. The number of aromatic nitrogens is 1. The number of fused-ring (bicyclic) bond motifs is 8. The summed E-state index contributed by atoms with van der Waals surface area (Å²) < 4.78 is 5.16. The van der Waals surface area contributed by atoms with E-state index >= 15 is 0 Å². The Balaban J connectivity index is 1.52. The third-order valence-corrected chi connectivity index (χ3v) is 8.58. The van der Waals surface area contributed by atoms with Gasteiger partial charge in [0.15, 0.2) is 0 Å². The van der Waals surface area contributed by atoms with Crippen molar-refractivity contribution in [3.05, 3.63) is 127 Å². The molecule has 2 aromatic heterocycles. The quantitative estimate of drug-likeness (QED) is 0.234. The Bertz CT molecular complexity index is 2090. The third-order valence-electron chi connectivity index (χ3n) is 7.39. The number of rotatable bonds is 2. The number of hydrogen-bond donors (Lipinski definition) is 0. The van der Waals surface area contributed by atoms with Crippen LogP contribution in [0.15, 0.2) is 127 Å². The molecule has 1 nitrogen and oxygen atoms in total. The second-order valence-corrected chi connectivity index (χ2v) is 10.4. The molecular weight excluding hydrogens is 454 g/mol. The first-order valence-electron chi connectivity index (χ1n) is 12.3. The van der Waals surface area contributed by atoms with Crippen molar-refractivity contribution >= 4 is 64.1 Å². The maximum absolute atomic E-state index is 2.48. The predicted molar refractivity (Wildman–Crippen MR) is 157 cm³/mol. The second kappa shape index (κ2) is 7.55. The van der Waals surface area contributed by atoms with Crippen molar-refractivity contribution in [1.29, 1.82) is 0 Å². The summed E-state index contributed by atoms with van der Waals surface area (Å²) in [5.41, 5.74) is 6.25. The zero-order valence-electron chi connectivity index (χ0n) is 19.5. The Labute approximate surface area is 212 Å². The van der Waals surface area contributed by atoms with Gasteiger partial charge in [-0.25, -0.2) is 0 Å². The molecule has 0 fully saturated rings. The lowest BCUT2D eigenvalue weighted by Gasteiger charge is -2.12. The van der Waals surface area contributed by atoms with Crippen LogP contribution in [-0.2, 0) is 0 Å². The minimum Gasteiger partial charge on any atom is -0.308 e. The fourth-order valence-electron chi connectivity index (χ4n) is 5.77. The summed E-state index contributed by atoms with van der Waals surface area (Å²) in [4.78, 5) is 0. The summed E-state index contributed by atoms with van der Waals surface area (Å²) in [6.07, 6.45) is 0. The van der Waals surface area contributed by atoms with Gasteiger partial charge in [0.1, 0.15) is 0 Å². The van der Waals surface area contributed by atoms with Gasteiger partial charge in [-0.05, 0) is 46.2 Å². The van der Waals surface area contributed by atoms with E-state index < -0.39 is 0 Å². The van der Waals surface area contributed by atoms with Crippen LogP contribution in [0.4, 0.5) is 0 Å². The number of benzene rings is 6. The summed E-state index contributed by atoms with van der Waals surface area (Å²) >= 11 is 1.90. The second-order valence-electron chi connectivity index (χ2n) is 9.37. The SMILES string of the molecule is c1ccc(-c2cccc3ccc(-n4c5ccccc5c5ccc6c7ccccc7sc6c54)cc23)cc1. The molecule has 6 aromatic carbocycles. The van der Waals surface area contributed by atoms with E-state index in [1.165, 1.54) is 69.6 Å². The van der Waals surface area contributed by atoms with Crippen LogP contribution >= 0.6 is 11.3 Å². The highest BCUT2D eigenvalue weighted by Gasteiger charge is 2.18. The van der Waals surface area contributed by atoms with Crippen molar-refractivity contribution < 1.29 is 0 Å². The van der Waals surface area contributed by atoms with Crippen LogP contribution < -0.4 is 0 Å². The highest BCUT2D eigenvalue weighted by molar-refractivity contribution is 7.26. The largest absolute Gasteiger partial charge is 0.308 e. The topological polar surface area (TPSA) is 4.93 Å². The van der Waals surface area contributed by atoms with E-state index in [2.05, 4.69) is 132 Å². The van der Waals surface area contributed by atoms with Crippen molar-refractivity contribution in [1.82, 2.24) is 4.57 Å². The summed E-state index contributed by atoms with van der Waals surface area (Å²) in [7, 11) is 0. The normalized spacial score (nSPS) is 11.9. The van der Waals surface area contributed by atoms with Crippen LogP contribution in [0.2, 0.25) is 0 Å². The molecule has 0 unspecified atom stereocenters. The molecule has 0 saturated carbocycles. The Kier molecular flexibility index (Phi) is 4.16. The van der Waals surface area contributed by atoms with E-state index in [1.807, 2.05) is 11.3 Å². The monoisotopic (exact) mass is 475 g/mol. The van der Waals surface area contributed by atoms with Crippen LogP contribution in [-0.4, -0.2) is 4.57 Å². The zero-order valence-corrected chi connectivity index (χ0v) is 20.3. The fourth-order valence-corrected chi connectivity index (χ4v) is 7.01. The summed E-state index contributed by atoms with van der Waals surface area (Å²) in [5, 5.41) is 7.80. The van der Waals surface area contributed by atoms with Crippen molar-refractivity contribution in [2.24, 2.45) is 0 Å². The van der Waals surface area contributed by atoms with Gasteiger partial charge in [0.25, 0.3) is 0 Å². The van der Waals surface area contributed by atoms with Crippen molar-refractivity contribution in [3.63, 3.8) is 0 Å². The van der Waals surface area contributed by atoms with Crippen LogP contribution in [0, 0.1) is 0 Å². The number of hydrogen-bond acceptors (Lipinski definition) is 1. The van der Waals surface area contributed by atoms with Crippen LogP contribution in [0.5, 0.6) is 0 Å². The van der Waals surface area contributed by atoms with Gasteiger partial charge in [0, 0.05) is 31.9 Å². The Morgan fingerprint density at radius 2 is 1.28 bits per heavy atom. The molecule has 0 N–H and O–H groups in total. The lowest BCUT2D eigenvalue weighted by Crippen LogP contribution is -1.94. The molecule has 0 aliphatic carbocycles.